The summed E-state index contributed by atoms with van der Waals surface area (Å²) < 4.78 is 22.5. The van der Waals surface area contributed by atoms with E-state index < -0.39 is 42.0 Å². The number of rotatable bonds is 10. The van der Waals surface area contributed by atoms with Crippen molar-refractivity contribution in [3.05, 3.63) is 36.0 Å². The molecule has 0 aromatic heterocycles. The minimum atomic E-state index is -1.42. The smallest absolute Gasteiger partial charge is 0.309 e. The van der Waals surface area contributed by atoms with E-state index in [-0.39, 0.29) is 55.3 Å². The zero-order valence-electron chi connectivity index (χ0n) is 25.3. The molecule has 1 saturated heterocycles. The highest BCUT2D eigenvalue weighted by molar-refractivity contribution is 5.70. The van der Waals surface area contributed by atoms with Crippen molar-refractivity contribution in [2.75, 3.05) is 7.11 Å². The first-order chi connectivity index (χ1) is 18.7. The molecule has 0 aromatic carbocycles. The fourth-order valence-corrected chi connectivity index (χ4v) is 5.32. The summed E-state index contributed by atoms with van der Waals surface area (Å²) in [6, 6.07) is 0. The van der Waals surface area contributed by atoms with Crippen molar-refractivity contribution in [3.8, 4) is 0 Å². The predicted octanol–water partition coefficient (Wildman–Crippen LogP) is 3.65. The first-order valence-corrected chi connectivity index (χ1v) is 14.4. The van der Waals surface area contributed by atoms with Gasteiger partial charge in [-0.05, 0) is 44.8 Å². The molecule has 9 nitrogen and oxygen atoms in total. The molecule has 0 bridgehead atoms. The molecule has 0 aromatic rings. The number of methoxy groups -OCH3 is 1. The predicted molar refractivity (Wildman–Crippen MR) is 151 cm³/mol. The van der Waals surface area contributed by atoms with Crippen LogP contribution in [0.15, 0.2) is 36.0 Å². The number of hydrogen-bond donors (Lipinski definition) is 3. The minimum Gasteiger partial charge on any atom is -0.457 e. The highest BCUT2D eigenvalue weighted by atomic mass is 16.6. The second kappa shape index (κ2) is 15.3. The number of hydrogen-bond acceptors (Lipinski definition) is 9. The van der Waals surface area contributed by atoms with Crippen LogP contribution in [0, 0.1) is 17.8 Å². The maximum absolute atomic E-state index is 12.6. The lowest BCUT2D eigenvalue weighted by Gasteiger charge is -2.32. The van der Waals surface area contributed by atoms with Crippen LogP contribution in [-0.4, -0.2) is 82.7 Å². The summed E-state index contributed by atoms with van der Waals surface area (Å²) >= 11 is 0. The van der Waals surface area contributed by atoms with E-state index in [1.54, 1.807) is 26.2 Å². The van der Waals surface area contributed by atoms with Gasteiger partial charge in [0.1, 0.15) is 23.9 Å². The summed E-state index contributed by atoms with van der Waals surface area (Å²) in [5.41, 5.74) is -0.666. The van der Waals surface area contributed by atoms with Crippen molar-refractivity contribution in [2.45, 2.75) is 122 Å². The summed E-state index contributed by atoms with van der Waals surface area (Å²) in [7, 11) is 1.69. The Morgan fingerprint density at radius 1 is 1.25 bits per heavy atom. The number of aliphatic hydroxyl groups is 3. The zero-order valence-corrected chi connectivity index (χ0v) is 25.3. The molecule has 11 atom stereocenters. The molecule has 2 rings (SSSR count). The van der Waals surface area contributed by atoms with E-state index in [0.29, 0.717) is 0 Å². The summed E-state index contributed by atoms with van der Waals surface area (Å²) in [6.45, 7) is 12.6. The molecule has 0 radical (unpaired) electrons. The molecule has 0 amide bonds. The second-order valence-electron chi connectivity index (χ2n) is 11.7. The normalized spacial score (nSPS) is 36.0. The van der Waals surface area contributed by atoms with Crippen LogP contribution in [0.4, 0.5) is 0 Å². The van der Waals surface area contributed by atoms with Gasteiger partial charge in [-0.1, -0.05) is 52.0 Å². The monoisotopic (exact) mass is 566 g/mol. The second-order valence-corrected chi connectivity index (χ2v) is 11.7. The Hall–Kier alpha value is -2.04. The van der Waals surface area contributed by atoms with Crippen LogP contribution in [0.2, 0.25) is 0 Å². The molecule has 0 spiro atoms. The quantitative estimate of drug-likeness (QED) is 0.157. The van der Waals surface area contributed by atoms with E-state index >= 15 is 0 Å². The van der Waals surface area contributed by atoms with E-state index in [0.717, 1.165) is 12.0 Å². The third kappa shape index (κ3) is 9.80. The average molecular weight is 567 g/mol. The van der Waals surface area contributed by atoms with Gasteiger partial charge >= 0.3 is 11.9 Å². The average Bonchev–Trinajstić information content (AvgIpc) is 3.68. The van der Waals surface area contributed by atoms with Crippen molar-refractivity contribution >= 4 is 11.9 Å². The Morgan fingerprint density at radius 2 is 1.93 bits per heavy atom. The Bertz CT molecular complexity index is 920. The number of epoxide rings is 1. The summed E-state index contributed by atoms with van der Waals surface area (Å²) in [5.74, 6) is -1.39. The van der Waals surface area contributed by atoms with Crippen LogP contribution in [0.1, 0.15) is 74.1 Å². The largest absolute Gasteiger partial charge is 0.457 e. The van der Waals surface area contributed by atoms with Crippen LogP contribution in [0.25, 0.3) is 0 Å². The summed E-state index contributed by atoms with van der Waals surface area (Å²) in [4.78, 5) is 24.3. The van der Waals surface area contributed by atoms with Crippen LogP contribution >= 0.6 is 0 Å². The Labute approximate surface area is 239 Å². The van der Waals surface area contributed by atoms with Gasteiger partial charge in [0.15, 0.2) is 0 Å². The maximum atomic E-state index is 12.6. The number of carbonyl (C=O) groups is 2. The van der Waals surface area contributed by atoms with Crippen molar-refractivity contribution in [3.63, 3.8) is 0 Å². The van der Waals surface area contributed by atoms with E-state index in [1.165, 1.54) is 6.92 Å². The van der Waals surface area contributed by atoms with Gasteiger partial charge < -0.3 is 34.3 Å². The van der Waals surface area contributed by atoms with Crippen molar-refractivity contribution in [1.82, 2.24) is 0 Å². The third-order valence-corrected chi connectivity index (χ3v) is 8.09. The molecule has 9 heteroatoms. The van der Waals surface area contributed by atoms with E-state index in [4.69, 9.17) is 18.9 Å². The number of esters is 2. The molecule has 1 fully saturated rings. The lowest BCUT2D eigenvalue weighted by molar-refractivity contribution is -0.157. The topological polar surface area (TPSA) is 135 Å². The highest BCUT2D eigenvalue weighted by Gasteiger charge is 2.50. The molecule has 3 N–H and O–H groups in total. The summed E-state index contributed by atoms with van der Waals surface area (Å²) in [5, 5.41) is 32.2. The number of carbonyl (C=O) groups excluding carboxylic acids is 2. The molecular formula is C31H50O9. The number of ether oxygens (including phenoxy) is 4. The lowest BCUT2D eigenvalue weighted by Crippen LogP contribution is -2.42. The Morgan fingerprint density at radius 3 is 2.52 bits per heavy atom. The molecule has 0 unspecified atom stereocenters. The molecule has 2 heterocycles. The molecule has 40 heavy (non-hydrogen) atoms. The van der Waals surface area contributed by atoms with Crippen LogP contribution in [0.5, 0.6) is 0 Å². The highest BCUT2D eigenvalue weighted by Crippen LogP contribution is 2.37. The SMILES string of the molecule is CC[C@H](OC)[C@@H](C)[C@H]1O[C@@H]1[C@H](O)[C@H](C)/C=C/C=C(\C)[C@H]1OC(=O)C[C@@H](O)CC[C@@](C)(O)[C@@H](OC(C)=O)/C=C/[C@@H]1C. The standard InChI is InChI=1S/C31H50O9/c1-9-24(37-8)21(5)29-30(40-29)27(35)18(2)11-10-12-19(3)28-20(4)13-14-25(38-22(6)32)31(7,36)16-15-23(33)17-26(34)39-28/h10-14,18,20-21,23-25,27-30,33,35-36H,9,15-17H2,1-8H3/b11-10+,14-13+,19-12+/t18-,20+,21-,23+,24+,25+,27-,28-,29-,30-,31-/m1/s1. The molecule has 0 aliphatic carbocycles. The minimum absolute atomic E-state index is 0.0387. The van der Waals surface area contributed by atoms with Gasteiger partial charge in [0, 0.05) is 31.8 Å². The van der Waals surface area contributed by atoms with Gasteiger partial charge in [-0.15, -0.1) is 0 Å². The third-order valence-electron chi connectivity index (χ3n) is 8.09. The Balaban J connectivity index is 2.16. The summed E-state index contributed by atoms with van der Waals surface area (Å²) in [6.07, 6.45) is 6.42. The number of cyclic esters (lactones) is 1. The van der Waals surface area contributed by atoms with E-state index in [1.807, 2.05) is 39.0 Å². The van der Waals surface area contributed by atoms with Crippen LogP contribution in [0.3, 0.4) is 0 Å². The molecule has 2 aliphatic rings. The molecular weight excluding hydrogens is 516 g/mol. The van der Waals surface area contributed by atoms with Crippen molar-refractivity contribution in [2.24, 2.45) is 17.8 Å². The molecule has 2 aliphatic heterocycles. The van der Waals surface area contributed by atoms with E-state index in [9.17, 15) is 24.9 Å². The van der Waals surface area contributed by atoms with Gasteiger partial charge in [-0.2, -0.15) is 0 Å². The van der Waals surface area contributed by atoms with Crippen LogP contribution in [-0.2, 0) is 28.5 Å². The first kappa shape index (κ1) is 34.2. The van der Waals surface area contributed by atoms with E-state index in [2.05, 4.69) is 13.8 Å². The fourth-order valence-electron chi connectivity index (χ4n) is 5.32. The molecule has 228 valence electrons. The van der Waals surface area contributed by atoms with Gasteiger partial charge in [0.05, 0.1) is 30.8 Å². The van der Waals surface area contributed by atoms with Crippen molar-refractivity contribution < 1.29 is 43.9 Å². The zero-order chi connectivity index (χ0) is 30.2. The lowest BCUT2D eigenvalue weighted by atomic mass is 9.88. The van der Waals surface area contributed by atoms with Gasteiger partial charge in [-0.25, -0.2) is 0 Å². The number of allylic oxidation sites excluding steroid dienone is 2. The van der Waals surface area contributed by atoms with Crippen molar-refractivity contribution in [1.29, 1.82) is 0 Å². The molecule has 0 saturated carbocycles. The first-order valence-electron chi connectivity index (χ1n) is 14.4. The Kier molecular flexibility index (Phi) is 13.0. The van der Waals surface area contributed by atoms with Crippen LogP contribution < -0.4 is 0 Å². The van der Waals surface area contributed by atoms with Gasteiger partial charge in [0.25, 0.3) is 0 Å². The fraction of sp³-hybridized carbons (Fsp3) is 0.742. The number of aliphatic hydroxyl groups excluding tert-OH is 2. The van der Waals surface area contributed by atoms with Gasteiger partial charge in [0.2, 0.25) is 0 Å². The van der Waals surface area contributed by atoms with Gasteiger partial charge in [-0.3, -0.25) is 9.59 Å². The maximum Gasteiger partial charge on any atom is 0.309 e.